The van der Waals surface area contributed by atoms with Gasteiger partial charge in [0, 0.05) is 38.7 Å². The van der Waals surface area contributed by atoms with Crippen LogP contribution in [0.25, 0.3) is 0 Å². The second-order valence-corrected chi connectivity index (χ2v) is 5.85. The van der Waals surface area contributed by atoms with E-state index in [1.807, 2.05) is 4.90 Å². The van der Waals surface area contributed by atoms with E-state index < -0.39 is 5.54 Å². The van der Waals surface area contributed by atoms with Crippen LogP contribution in [0.15, 0.2) is 0 Å². The monoisotopic (exact) mass is 267 g/mol. The molecule has 19 heavy (non-hydrogen) atoms. The third kappa shape index (κ3) is 2.47. The minimum Gasteiger partial charge on any atom is -0.379 e. The van der Waals surface area contributed by atoms with Gasteiger partial charge in [-0.1, -0.05) is 0 Å². The number of amides is 2. The van der Waals surface area contributed by atoms with Crippen molar-refractivity contribution >= 4 is 11.8 Å². The van der Waals surface area contributed by atoms with Crippen LogP contribution in [0, 0.1) is 5.92 Å². The fraction of sp³-hybridized carbons (Fsp3) is 0.846. The predicted octanol–water partition coefficient (Wildman–Crippen LogP) is -0.815. The highest BCUT2D eigenvalue weighted by Gasteiger charge is 2.42. The number of carbonyl (C=O) groups is 2. The molecule has 2 N–H and O–H groups in total. The maximum atomic E-state index is 12.4. The lowest BCUT2D eigenvalue weighted by Gasteiger charge is -2.38. The molecule has 6 heteroatoms. The molecule has 0 radical (unpaired) electrons. The first-order valence-electron chi connectivity index (χ1n) is 7.05. The van der Waals surface area contributed by atoms with Crippen molar-refractivity contribution in [2.24, 2.45) is 11.7 Å². The summed E-state index contributed by atoms with van der Waals surface area (Å²) in [6.45, 7) is 3.33. The lowest BCUT2D eigenvalue weighted by atomic mass is 9.98. The van der Waals surface area contributed by atoms with Gasteiger partial charge in [0.25, 0.3) is 0 Å². The quantitative estimate of drug-likeness (QED) is 0.709. The van der Waals surface area contributed by atoms with E-state index in [0.717, 1.165) is 12.8 Å². The number of carbonyl (C=O) groups excluding carboxylic acids is 2. The smallest absolute Gasteiger partial charge is 0.245 e. The predicted molar refractivity (Wildman–Crippen MR) is 68.2 cm³/mol. The molecule has 6 nitrogen and oxygen atoms in total. The van der Waals surface area contributed by atoms with E-state index >= 15 is 0 Å². The normalized spacial score (nSPS) is 31.6. The van der Waals surface area contributed by atoms with Gasteiger partial charge in [0.05, 0.1) is 6.61 Å². The largest absolute Gasteiger partial charge is 0.379 e. The van der Waals surface area contributed by atoms with Crippen molar-refractivity contribution in [3.05, 3.63) is 0 Å². The zero-order valence-electron chi connectivity index (χ0n) is 11.1. The highest BCUT2D eigenvalue weighted by atomic mass is 16.5. The van der Waals surface area contributed by atoms with Crippen LogP contribution in [0.4, 0.5) is 0 Å². The third-order valence-corrected chi connectivity index (χ3v) is 4.28. The van der Waals surface area contributed by atoms with E-state index in [1.165, 1.54) is 0 Å². The van der Waals surface area contributed by atoms with E-state index in [2.05, 4.69) is 0 Å². The molecular weight excluding hydrogens is 246 g/mol. The Labute approximate surface area is 112 Å². The van der Waals surface area contributed by atoms with E-state index in [0.29, 0.717) is 45.8 Å². The topological polar surface area (TPSA) is 75.9 Å². The first-order valence-corrected chi connectivity index (χ1v) is 7.05. The average Bonchev–Trinajstić information content (AvgIpc) is 3.19. The van der Waals surface area contributed by atoms with Gasteiger partial charge >= 0.3 is 0 Å². The van der Waals surface area contributed by atoms with Crippen molar-refractivity contribution in [2.45, 2.75) is 24.8 Å². The minimum atomic E-state index is -0.845. The van der Waals surface area contributed by atoms with E-state index in [9.17, 15) is 9.59 Å². The molecule has 1 saturated carbocycles. The molecule has 0 spiro atoms. The van der Waals surface area contributed by atoms with Crippen LogP contribution in [-0.2, 0) is 14.3 Å². The van der Waals surface area contributed by atoms with Crippen molar-refractivity contribution < 1.29 is 14.3 Å². The van der Waals surface area contributed by atoms with E-state index in [1.54, 1.807) is 4.90 Å². The summed E-state index contributed by atoms with van der Waals surface area (Å²) >= 11 is 0. The van der Waals surface area contributed by atoms with Gasteiger partial charge < -0.3 is 20.3 Å². The molecule has 106 valence electrons. The molecule has 3 aliphatic rings. The Hall–Kier alpha value is -1.14. The van der Waals surface area contributed by atoms with Gasteiger partial charge in [-0.15, -0.1) is 0 Å². The third-order valence-electron chi connectivity index (χ3n) is 4.28. The van der Waals surface area contributed by atoms with Gasteiger partial charge in [-0.05, 0) is 19.3 Å². The molecule has 2 amide bonds. The summed E-state index contributed by atoms with van der Waals surface area (Å²) in [5.41, 5.74) is 5.24. The first-order chi connectivity index (χ1) is 9.10. The summed E-state index contributed by atoms with van der Waals surface area (Å²) in [7, 11) is 0. The molecule has 2 heterocycles. The van der Waals surface area contributed by atoms with Crippen LogP contribution in [0.1, 0.15) is 19.3 Å². The van der Waals surface area contributed by atoms with Crippen LogP contribution >= 0.6 is 0 Å². The molecule has 1 unspecified atom stereocenters. The molecular formula is C13H21N3O3. The van der Waals surface area contributed by atoms with E-state index in [-0.39, 0.29) is 17.7 Å². The Morgan fingerprint density at radius 2 is 1.74 bits per heavy atom. The molecule has 0 aromatic heterocycles. The fourth-order valence-corrected chi connectivity index (χ4v) is 2.78. The lowest BCUT2D eigenvalue weighted by molar-refractivity contribution is -0.143. The van der Waals surface area contributed by atoms with Crippen molar-refractivity contribution in [1.29, 1.82) is 0 Å². The number of nitrogens with zero attached hydrogens (tertiary/aromatic N) is 2. The van der Waals surface area contributed by atoms with Crippen LogP contribution in [0.2, 0.25) is 0 Å². The molecule has 0 bridgehead atoms. The standard InChI is InChI=1S/C13H21N3O3/c14-13(3-8-19-9-13)12(18)16-6-4-15(5-7-16)11(17)10-1-2-10/h10H,1-9,14H2. The Kier molecular flexibility index (Phi) is 3.22. The molecule has 2 aliphatic heterocycles. The summed E-state index contributed by atoms with van der Waals surface area (Å²) in [5, 5.41) is 0. The van der Waals surface area contributed by atoms with Crippen LogP contribution < -0.4 is 5.73 Å². The van der Waals surface area contributed by atoms with Gasteiger partial charge in [-0.3, -0.25) is 9.59 Å². The van der Waals surface area contributed by atoms with Gasteiger partial charge in [-0.25, -0.2) is 0 Å². The number of nitrogens with two attached hydrogens (primary N) is 1. The van der Waals surface area contributed by atoms with E-state index in [4.69, 9.17) is 10.5 Å². The number of hydrogen-bond donors (Lipinski definition) is 1. The van der Waals surface area contributed by atoms with Crippen LogP contribution in [0.3, 0.4) is 0 Å². The molecule has 3 fully saturated rings. The molecule has 1 aliphatic carbocycles. The van der Waals surface area contributed by atoms with Gasteiger partial charge in [0.15, 0.2) is 0 Å². The molecule has 0 aromatic carbocycles. The average molecular weight is 267 g/mol. The zero-order chi connectivity index (χ0) is 13.5. The Morgan fingerprint density at radius 3 is 2.26 bits per heavy atom. The summed E-state index contributed by atoms with van der Waals surface area (Å²) in [4.78, 5) is 28.0. The van der Waals surface area contributed by atoms with Crippen LogP contribution in [0.5, 0.6) is 0 Å². The highest BCUT2D eigenvalue weighted by molar-refractivity contribution is 5.87. The number of ether oxygens (including phenoxy) is 1. The van der Waals surface area contributed by atoms with Gasteiger partial charge in [-0.2, -0.15) is 0 Å². The second-order valence-electron chi connectivity index (χ2n) is 5.85. The molecule has 2 saturated heterocycles. The summed E-state index contributed by atoms with van der Waals surface area (Å²) < 4.78 is 5.23. The molecule has 3 rings (SSSR count). The molecule has 1 atom stereocenters. The Morgan fingerprint density at radius 1 is 1.11 bits per heavy atom. The summed E-state index contributed by atoms with van der Waals surface area (Å²) in [6.07, 6.45) is 2.65. The number of rotatable bonds is 2. The minimum absolute atomic E-state index is 0.0245. The zero-order valence-corrected chi connectivity index (χ0v) is 11.1. The Balaban J connectivity index is 1.54. The Bertz CT molecular complexity index is 381. The molecule has 0 aromatic rings. The first kappa shape index (κ1) is 12.9. The number of piperazine rings is 1. The van der Waals surface area contributed by atoms with Gasteiger partial charge in [0.1, 0.15) is 5.54 Å². The van der Waals surface area contributed by atoms with Gasteiger partial charge in [0.2, 0.25) is 11.8 Å². The van der Waals surface area contributed by atoms with Crippen molar-refractivity contribution in [3.8, 4) is 0 Å². The fourth-order valence-electron chi connectivity index (χ4n) is 2.78. The van der Waals surface area contributed by atoms with Crippen molar-refractivity contribution in [3.63, 3.8) is 0 Å². The van der Waals surface area contributed by atoms with Crippen molar-refractivity contribution in [1.82, 2.24) is 9.80 Å². The second kappa shape index (κ2) is 4.76. The van der Waals surface area contributed by atoms with Crippen molar-refractivity contribution in [2.75, 3.05) is 39.4 Å². The summed E-state index contributed by atoms with van der Waals surface area (Å²) in [5.74, 6) is 0.494. The van der Waals surface area contributed by atoms with Crippen LogP contribution in [-0.4, -0.2) is 66.5 Å². The highest BCUT2D eigenvalue weighted by Crippen LogP contribution is 2.31. The lowest BCUT2D eigenvalue weighted by Crippen LogP contribution is -2.60. The maximum Gasteiger partial charge on any atom is 0.245 e. The SMILES string of the molecule is NC1(C(=O)N2CCN(C(=O)C3CC3)CC2)CCOC1. The number of hydrogen-bond acceptors (Lipinski definition) is 4. The maximum absolute atomic E-state index is 12.4. The summed E-state index contributed by atoms with van der Waals surface area (Å²) in [6, 6.07) is 0.